The van der Waals surface area contributed by atoms with E-state index in [4.69, 9.17) is 28.4 Å². The van der Waals surface area contributed by atoms with Crippen LogP contribution < -0.4 is 0 Å². The summed E-state index contributed by atoms with van der Waals surface area (Å²) >= 11 is -5.67. The van der Waals surface area contributed by atoms with E-state index in [9.17, 15) is 0 Å². The Kier molecular flexibility index (Phi) is 11.3. The molecule has 0 aromatic carbocycles. The van der Waals surface area contributed by atoms with E-state index < -0.39 is 25.9 Å². The van der Waals surface area contributed by atoms with Crippen molar-refractivity contribution in [3.05, 3.63) is 0 Å². The molecule has 0 saturated carbocycles. The Morgan fingerprint density at radius 1 is 1.10 bits per heavy atom. The van der Waals surface area contributed by atoms with Crippen molar-refractivity contribution in [2.24, 2.45) is 0 Å². The Labute approximate surface area is 60.3 Å². The zero-order valence-corrected chi connectivity index (χ0v) is 8.36. The summed E-state index contributed by atoms with van der Waals surface area (Å²) in [5.74, 6) is 0. The van der Waals surface area contributed by atoms with Crippen LogP contribution in [0.5, 0.6) is 0 Å². The van der Waals surface area contributed by atoms with Crippen molar-refractivity contribution in [3.63, 3.8) is 0 Å². The molecule has 10 heteroatoms. The minimum atomic E-state index is -5.67. The summed E-state index contributed by atoms with van der Waals surface area (Å²) in [4.78, 5) is 14.3. The molecule has 0 fully saturated rings. The van der Waals surface area contributed by atoms with E-state index in [1.165, 1.54) is 0 Å². The van der Waals surface area contributed by atoms with E-state index in [0.717, 1.165) is 0 Å². The van der Waals surface area contributed by atoms with Crippen LogP contribution in [0.25, 0.3) is 0 Å². The van der Waals surface area contributed by atoms with Crippen LogP contribution in [0.3, 0.4) is 0 Å². The Bertz CT molecular complexity index is 152. The predicted molar refractivity (Wildman–Crippen MR) is 20.3 cm³/mol. The second kappa shape index (κ2) is 6.90. The van der Waals surface area contributed by atoms with Gasteiger partial charge in [0.15, 0.2) is 0 Å². The summed E-state index contributed by atoms with van der Waals surface area (Å²) in [5.41, 5.74) is 0. The van der Waals surface area contributed by atoms with Crippen LogP contribution in [0.15, 0.2) is 0 Å². The van der Waals surface area contributed by atoms with Gasteiger partial charge in [0.25, 0.3) is 0 Å². The van der Waals surface area contributed by atoms with Crippen molar-refractivity contribution in [1.82, 2.24) is 0 Å². The third-order valence-electron chi connectivity index (χ3n) is 0. The van der Waals surface area contributed by atoms with Gasteiger partial charge < -0.3 is 15.1 Å². The van der Waals surface area contributed by atoms with Crippen molar-refractivity contribution >= 4 is 9.17 Å². The van der Waals surface area contributed by atoms with Crippen molar-refractivity contribution in [1.29, 1.82) is 0 Å². The van der Waals surface area contributed by atoms with Gasteiger partial charge in [-0.25, -0.2) is 0 Å². The molecule has 0 spiro atoms. The molecule has 0 atom stereocenters. The van der Waals surface area contributed by atoms with Gasteiger partial charge in [-0.05, 0) is 0 Å². The molecule has 0 bridgehead atoms. The number of rotatable bonds is 0. The van der Waals surface area contributed by atoms with Gasteiger partial charge in [0.2, 0.25) is 0 Å². The van der Waals surface area contributed by atoms with Crippen LogP contribution in [0.1, 0.15) is 0 Å². The molecule has 0 rings (SSSR count). The Morgan fingerprint density at radius 3 is 1.10 bits per heavy atom. The summed E-state index contributed by atoms with van der Waals surface area (Å²) in [6.07, 6.45) is 0. The summed E-state index contributed by atoms with van der Waals surface area (Å²) in [6.45, 7) is 0. The van der Waals surface area contributed by atoms with Crippen molar-refractivity contribution in [3.8, 4) is 0 Å². The summed E-state index contributed by atoms with van der Waals surface area (Å²) in [7, 11) is -3.13. The Hall–Kier alpha value is -0.215. The van der Waals surface area contributed by atoms with Crippen LogP contribution in [0, 0.1) is 0 Å². The molecule has 0 aromatic rings. The monoisotopic (exact) mass is 346 g/mol. The molecule has 0 heterocycles. The van der Waals surface area contributed by atoms with Crippen LogP contribution in [0.2, 0.25) is 0 Å². The number of hydrogen-bond donors (Lipinski definition) is 4. The minimum absolute atomic E-state index is 0. The van der Waals surface area contributed by atoms with Gasteiger partial charge in [-0.2, -0.15) is 0 Å². The first kappa shape index (κ1) is 16.4. The fourth-order valence-corrected chi connectivity index (χ4v) is 0. The van der Waals surface area contributed by atoms with E-state index in [0.29, 0.717) is 0 Å². The predicted octanol–water partition coefficient (Wildman–Crippen LogP) is -3.79. The molecule has 6 N–H and O–H groups in total. The third-order valence-corrected chi connectivity index (χ3v) is 0. The summed E-state index contributed by atoms with van der Waals surface area (Å²) < 4.78 is 40.8. The van der Waals surface area contributed by atoms with Gasteiger partial charge in [0.05, 0.1) is 0 Å². The van der Waals surface area contributed by atoms with Gasteiger partial charge in [-0.1, -0.05) is 0 Å². The average Bonchev–Trinajstić information content (AvgIpc) is 1.19. The molecule has 0 amide bonds. The fraction of sp³-hybridized carbons (Fsp3) is 0. The first-order valence-electron chi connectivity index (χ1n) is 1.35. The molecule has 0 unspecified atom stereocenters. The van der Waals surface area contributed by atoms with E-state index in [1.807, 2.05) is 0 Å². The van der Waals surface area contributed by atoms with Crippen LogP contribution in [-0.2, 0) is 28.0 Å². The normalized spacial score (nSPS) is 8.20. The first-order chi connectivity index (χ1) is 3.73. The standard InChI is InChI=1S/H2O3Si.3H2O.2O.W/c1-4(2)3;;;;;;/h1-2H;3*1H2;;;/q;;;;;;+2/p-2. The first-order valence-corrected chi connectivity index (χ1v) is 7.67. The zero-order chi connectivity index (χ0) is 8.08. The van der Waals surface area contributed by atoms with E-state index in [-0.39, 0.29) is 5.48 Å². The van der Waals surface area contributed by atoms with Crippen molar-refractivity contribution in [2.45, 2.75) is 0 Å². The second-order valence-corrected chi connectivity index (χ2v) is 4.51. The van der Waals surface area contributed by atoms with Gasteiger partial charge in [-0.15, -0.1) is 0 Å². The van der Waals surface area contributed by atoms with Gasteiger partial charge >= 0.3 is 40.2 Å². The molecule has 0 aliphatic carbocycles. The molecule has 10 heavy (non-hydrogen) atoms. The summed E-state index contributed by atoms with van der Waals surface area (Å²) in [5, 5.41) is 0. The molecule has 0 aromatic heterocycles. The topological polar surface area (TPSA) is 164 Å². The van der Waals surface area contributed by atoms with Gasteiger partial charge in [0, 0.05) is 0 Å². The fourth-order valence-electron chi connectivity index (χ4n) is 0. The SMILES string of the molecule is O.O=[Si](O)O.[O]=[W](=[O])([OH])[OH]. The molecule has 0 aliphatic rings. The number of hydrogen-bond acceptors (Lipinski definition) is 3. The third kappa shape index (κ3) is 7770. The maximum absolute atomic E-state index is 8.87. The Balaban J connectivity index is -0.0000000910. The molecule has 64 valence electrons. The average molecular weight is 346 g/mol. The second-order valence-electron chi connectivity index (χ2n) is 0.730. The van der Waals surface area contributed by atoms with Gasteiger partial charge in [-0.3, -0.25) is 4.46 Å². The molecule has 8 nitrogen and oxygen atoms in total. The van der Waals surface area contributed by atoms with Crippen molar-refractivity contribution < 1.29 is 50.6 Å². The molecule has 0 radical (unpaired) electrons. The maximum atomic E-state index is 8.87. The van der Waals surface area contributed by atoms with Crippen LogP contribution in [0.4, 0.5) is 0 Å². The molecular weight excluding hydrogens is 340 g/mol. The molecular formula is H6O8SiW. The zero-order valence-electron chi connectivity index (χ0n) is 4.42. The van der Waals surface area contributed by atoms with Crippen LogP contribution >= 0.6 is 0 Å². The van der Waals surface area contributed by atoms with E-state index in [1.54, 1.807) is 0 Å². The molecule has 0 saturated heterocycles. The van der Waals surface area contributed by atoms with Gasteiger partial charge in [0.1, 0.15) is 0 Å². The van der Waals surface area contributed by atoms with E-state index in [2.05, 4.69) is 0 Å². The quantitative estimate of drug-likeness (QED) is 0.327. The van der Waals surface area contributed by atoms with Crippen LogP contribution in [-0.4, -0.2) is 31.8 Å². The van der Waals surface area contributed by atoms with Crippen molar-refractivity contribution in [2.75, 3.05) is 0 Å². The Morgan fingerprint density at radius 2 is 1.10 bits per heavy atom. The summed E-state index contributed by atoms with van der Waals surface area (Å²) in [6, 6.07) is 0. The molecule has 0 aliphatic heterocycles. The van der Waals surface area contributed by atoms with E-state index >= 15 is 0 Å².